The fourth-order valence-electron chi connectivity index (χ4n) is 2.87. The second kappa shape index (κ2) is 8.55. The molecule has 0 spiro atoms. The molecular formula is C21H20N2O6. The Balaban J connectivity index is 1.49. The van der Waals surface area contributed by atoms with Crippen molar-refractivity contribution < 1.29 is 28.7 Å². The van der Waals surface area contributed by atoms with Gasteiger partial charge in [-0.1, -0.05) is 12.1 Å². The van der Waals surface area contributed by atoms with Crippen LogP contribution in [0.25, 0.3) is 0 Å². The number of anilines is 1. The molecule has 29 heavy (non-hydrogen) atoms. The van der Waals surface area contributed by atoms with E-state index < -0.39 is 29.8 Å². The highest BCUT2D eigenvalue weighted by atomic mass is 16.5. The first-order chi connectivity index (χ1) is 13.9. The lowest BCUT2D eigenvalue weighted by Gasteiger charge is -2.16. The molecule has 1 atom stereocenters. The number of hydrogen-bond donors (Lipinski definition) is 1. The number of hydrogen-bond acceptors (Lipinski definition) is 6. The van der Waals surface area contributed by atoms with Crippen LogP contribution in [0.5, 0.6) is 5.75 Å². The standard InChI is InChI=1S/C21H20N2O6/c1-13(19(25)22-14-7-9-15(28-2)10-8-14)29-18(24)11-12-23-20(26)16-5-3-4-6-17(16)21(23)27/h3-10,13H,11-12H2,1-2H3,(H,22,25)/t13-/m1/s1. The maximum Gasteiger partial charge on any atom is 0.308 e. The lowest BCUT2D eigenvalue weighted by molar-refractivity contribution is -0.153. The van der Waals surface area contributed by atoms with Crippen LogP contribution in [-0.4, -0.2) is 48.3 Å². The number of amides is 3. The maximum absolute atomic E-state index is 12.3. The summed E-state index contributed by atoms with van der Waals surface area (Å²) < 4.78 is 10.2. The molecular weight excluding hydrogens is 376 g/mol. The Hall–Kier alpha value is -3.68. The van der Waals surface area contributed by atoms with Crippen molar-refractivity contribution in [3.8, 4) is 5.75 Å². The summed E-state index contributed by atoms with van der Waals surface area (Å²) in [5.74, 6) is -1.41. The molecule has 0 aliphatic carbocycles. The van der Waals surface area contributed by atoms with Gasteiger partial charge < -0.3 is 14.8 Å². The van der Waals surface area contributed by atoms with Crippen molar-refractivity contribution in [2.24, 2.45) is 0 Å². The molecule has 1 N–H and O–H groups in total. The number of imide groups is 1. The van der Waals surface area contributed by atoms with E-state index in [0.29, 0.717) is 22.6 Å². The highest BCUT2D eigenvalue weighted by molar-refractivity contribution is 6.21. The Labute approximate surface area is 167 Å². The molecule has 8 nitrogen and oxygen atoms in total. The van der Waals surface area contributed by atoms with E-state index in [2.05, 4.69) is 5.32 Å². The SMILES string of the molecule is COc1ccc(NC(=O)[C@@H](C)OC(=O)CCN2C(=O)c3ccccc3C2=O)cc1. The number of fused-ring (bicyclic) bond motifs is 1. The van der Waals surface area contributed by atoms with Gasteiger partial charge in [-0.05, 0) is 43.3 Å². The van der Waals surface area contributed by atoms with Gasteiger partial charge in [-0.25, -0.2) is 0 Å². The average Bonchev–Trinajstić information content (AvgIpc) is 2.97. The zero-order valence-corrected chi connectivity index (χ0v) is 16.0. The number of nitrogens with one attached hydrogen (secondary N) is 1. The molecule has 150 valence electrons. The Morgan fingerprint density at radius 3 is 2.14 bits per heavy atom. The molecule has 0 aromatic heterocycles. The van der Waals surface area contributed by atoms with Gasteiger partial charge in [-0.3, -0.25) is 24.1 Å². The van der Waals surface area contributed by atoms with Gasteiger partial charge in [0.2, 0.25) is 0 Å². The molecule has 0 saturated carbocycles. The summed E-state index contributed by atoms with van der Waals surface area (Å²) in [6, 6.07) is 13.2. The van der Waals surface area contributed by atoms with Crippen LogP contribution < -0.4 is 10.1 Å². The number of esters is 1. The predicted molar refractivity (Wildman–Crippen MR) is 104 cm³/mol. The van der Waals surface area contributed by atoms with E-state index in [9.17, 15) is 19.2 Å². The second-order valence-electron chi connectivity index (χ2n) is 6.41. The Kier molecular flexibility index (Phi) is 5.92. The normalized spacial score (nSPS) is 13.7. The van der Waals surface area contributed by atoms with Crippen LogP contribution in [0.3, 0.4) is 0 Å². The van der Waals surface area contributed by atoms with Crippen LogP contribution in [0.15, 0.2) is 48.5 Å². The largest absolute Gasteiger partial charge is 0.497 e. The molecule has 1 aliphatic heterocycles. The van der Waals surface area contributed by atoms with Gasteiger partial charge in [0.1, 0.15) is 5.75 Å². The molecule has 0 radical (unpaired) electrons. The number of benzene rings is 2. The van der Waals surface area contributed by atoms with Gasteiger partial charge in [0.25, 0.3) is 17.7 Å². The molecule has 2 aromatic carbocycles. The third-order valence-corrected chi connectivity index (χ3v) is 4.45. The molecule has 1 aliphatic rings. The summed E-state index contributed by atoms with van der Waals surface area (Å²) >= 11 is 0. The minimum absolute atomic E-state index is 0.113. The smallest absolute Gasteiger partial charge is 0.308 e. The van der Waals surface area contributed by atoms with Gasteiger partial charge in [0.05, 0.1) is 24.7 Å². The van der Waals surface area contributed by atoms with E-state index in [0.717, 1.165) is 4.90 Å². The molecule has 3 amide bonds. The van der Waals surface area contributed by atoms with Crippen molar-refractivity contribution >= 4 is 29.4 Å². The summed E-state index contributed by atoms with van der Waals surface area (Å²) in [6.45, 7) is 1.33. The number of ether oxygens (including phenoxy) is 2. The first-order valence-corrected chi connectivity index (χ1v) is 9.00. The Morgan fingerprint density at radius 2 is 1.59 bits per heavy atom. The van der Waals surface area contributed by atoms with E-state index in [-0.39, 0.29) is 13.0 Å². The fraction of sp³-hybridized carbons (Fsp3) is 0.238. The summed E-state index contributed by atoms with van der Waals surface area (Å²) in [5, 5.41) is 2.63. The third-order valence-electron chi connectivity index (χ3n) is 4.45. The van der Waals surface area contributed by atoms with Crippen LogP contribution in [0.4, 0.5) is 5.69 Å². The predicted octanol–water partition coefficient (Wildman–Crippen LogP) is 2.25. The zero-order valence-electron chi connectivity index (χ0n) is 16.0. The summed E-state index contributed by atoms with van der Waals surface area (Å²) in [4.78, 5) is 49.8. The van der Waals surface area contributed by atoms with E-state index in [1.807, 2.05) is 0 Å². The number of methoxy groups -OCH3 is 1. The molecule has 1 heterocycles. The molecule has 0 unspecified atom stereocenters. The first-order valence-electron chi connectivity index (χ1n) is 9.00. The summed E-state index contributed by atoms with van der Waals surface area (Å²) in [7, 11) is 1.54. The summed E-state index contributed by atoms with van der Waals surface area (Å²) in [5.41, 5.74) is 1.17. The van der Waals surface area contributed by atoms with Gasteiger partial charge in [0.15, 0.2) is 6.10 Å². The average molecular weight is 396 g/mol. The maximum atomic E-state index is 12.3. The van der Waals surface area contributed by atoms with E-state index in [4.69, 9.17) is 9.47 Å². The van der Waals surface area contributed by atoms with Crippen LogP contribution in [0.2, 0.25) is 0 Å². The molecule has 3 rings (SSSR count). The number of nitrogens with zero attached hydrogens (tertiary/aromatic N) is 1. The highest BCUT2D eigenvalue weighted by Crippen LogP contribution is 2.22. The molecule has 0 saturated heterocycles. The van der Waals surface area contributed by atoms with Crippen molar-refractivity contribution in [3.05, 3.63) is 59.7 Å². The zero-order chi connectivity index (χ0) is 21.0. The van der Waals surface area contributed by atoms with Gasteiger partial charge in [0, 0.05) is 12.2 Å². The lowest BCUT2D eigenvalue weighted by Crippen LogP contribution is -2.34. The molecule has 8 heteroatoms. The van der Waals surface area contributed by atoms with Gasteiger partial charge >= 0.3 is 5.97 Å². The third kappa shape index (κ3) is 4.43. The van der Waals surface area contributed by atoms with E-state index >= 15 is 0 Å². The van der Waals surface area contributed by atoms with Crippen molar-refractivity contribution in [2.75, 3.05) is 19.0 Å². The van der Waals surface area contributed by atoms with Crippen LogP contribution in [-0.2, 0) is 14.3 Å². The van der Waals surface area contributed by atoms with Crippen molar-refractivity contribution in [2.45, 2.75) is 19.4 Å². The van der Waals surface area contributed by atoms with Crippen molar-refractivity contribution in [1.82, 2.24) is 4.90 Å². The van der Waals surface area contributed by atoms with Crippen molar-refractivity contribution in [1.29, 1.82) is 0 Å². The Morgan fingerprint density at radius 1 is 1.00 bits per heavy atom. The van der Waals surface area contributed by atoms with E-state index in [1.54, 1.807) is 48.5 Å². The topological polar surface area (TPSA) is 102 Å². The minimum atomic E-state index is -1.04. The van der Waals surface area contributed by atoms with Crippen LogP contribution in [0, 0.1) is 0 Å². The second-order valence-corrected chi connectivity index (χ2v) is 6.41. The molecule has 0 fully saturated rings. The highest BCUT2D eigenvalue weighted by Gasteiger charge is 2.35. The fourth-order valence-corrected chi connectivity index (χ4v) is 2.87. The molecule has 0 bridgehead atoms. The Bertz CT molecular complexity index is 919. The lowest BCUT2D eigenvalue weighted by atomic mass is 10.1. The minimum Gasteiger partial charge on any atom is -0.497 e. The van der Waals surface area contributed by atoms with E-state index in [1.165, 1.54) is 14.0 Å². The van der Waals surface area contributed by atoms with Gasteiger partial charge in [-0.15, -0.1) is 0 Å². The van der Waals surface area contributed by atoms with Crippen molar-refractivity contribution in [3.63, 3.8) is 0 Å². The van der Waals surface area contributed by atoms with Crippen LogP contribution in [0.1, 0.15) is 34.1 Å². The molecule has 2 aromatic rings. The summed E-state index contributed by atoms with van der Waals surface area (Å²) in [6.07, 6.45) is -1.24. The number of rotatable bonds is 7. The first kappa shape index (κ1) is 20.1. The quantitative estimate of drug-likeness (QED) is 0.569. The van der Waals surface area contributed by atoms with Gasteiger partial charge in [-0.2, -0.15) is 0 Å². The monoisotopic (exact) mass is 396 g/mol. The number of carbonyl (C=O) groups is 4. The van der Waals surface area contributed by atoms with Crippen LogP contribution >= 0.6 is 0 Å². The number of carbonyl (C=O) groups excluding carboxylic acids is 4.